The molecule has 5 aromatic rings. The second kappa shape index (κ2) is 16.5. The van der Waals surface area contributed by atoms with Crippen LogP contribution in [0, 0.1) is 10.1 Å². The Morgan fingerprint density at radius 3 is 1.90 bits per heavy atom. The van der Waals surface area contributed by atoms with Crippen LogP contribution < -0.4 is 38.4 Å². The second-order valence-electron chi connectivity index (χ2n) is 10.7. The molecule has 4 aromatic carbocycles. The third-order valence-electron chi connectivity index (χ3n) is 7.26. The fourth-order valence-electron chi connectivity index (χ4n) is 4.86. The number of nitro benzene ring substituents is 1. The van der Waals surface area contributed by atoms with Gasteiger partial charge in [0.1, 0.15) is 17.2 Å². The van der Waals surface area contributed by atoms with Gasteiger partial charge < -0.3 is 42.3 Å². The number of hydrogen-bond acceptors (Lipinski definition) is 10. The van der Waals surface area contributed by atoms with E-state index in [4.69, 9.17) is 26.7 Å². The number of aromatic nitrogens is 1. The number of nitro groups is 1. The number of nitrogen functional groups attached to an aromatic ring is 3. The van der Waals surface area contributed by atoms with Crippen LogP contribution in [0.5, 0.6) is 23.0 Å². The van der Waals surface area contributed by atoms with Crippen molar-refractivity contribution < 1.29 is 14.4 Å². The Labute approximate surface area is 289 Å². The van der Waals surface area contributed by atoms with E-state index in [1.54, 1.807) is 55.7 Å². The number of pyridine rings is 1. The molecule has 0 atom stereocenters. The molecule has 12 nitrogen and oxygen atoms in total. The van der Waals surface area contributed by atoms with Crippen LogP contribution in [0.3, 0.4) is 0 Å². The molecule has 6 rings (SSSR count). The van der Waals surface area contributed by atoms with Gasteiger partial charge in [0, 0.05) is 61.4 Å². The first kappa shape index (κ1) is 37.2. The van der Waals surface area contributed by atoms with Crippen LogP contribution in [0.15, 0.2) is 126 Å². The Bertz CT molecular complexity index is 2030. The number of aryl methyl sites for hydroxylation is 1. The van der Waals surface area contributed by atoms with E-state index in [9.17, 15) is 14.9 Å². The predicted molar refractivity (Wildman–Crippen MR) is 199 cm³/mol. The first-order chi connectivity index (χ1) is 22.6. The predicted octanol–water partition coefficient (Wildman–Crippen LogP) is 7.40. The second-order valence-corrected chi connectivity index (χ2v) is 10.7. The zero-order valence-electron chi connectivity index (χ0n) is 27.0. The smallest absolute Gasteiger partial charge is 0.334 e. The molecule has 0 bridgehead atoms. The summed E-state index contributed by atoms with van der Waals surface area (Å²) in [6.45, 7) is 0.787. The van der Waals surface area contributed by atoms with Gasteiger partial charge in [0.15, 0.2) is 5.75 Å². The van der Waals surface area contributed by atoms with E-state index in [1.165, 1.54) is 16.7 Å². The van der Waals surface area contributed by atoms with Crippen LogP contribution in [0.1, 0.15) is 5.56 Å². The topological polar surface area (TPSA) is 200 Å². The van der Waals surface area contributed by atoms with Crippen molar-refractivity contribution in [3.63, 3.8) is 0 Å². The molecule has 1 aliphatic rings. The van der Waals surface area contributed by atoms with Gasteiger partial charge in [-0.2, -0.15) is 0 Å². The molecule has 0 amide bonds. The fraction of sp³-hybridized carbons (Fsp3) is 0.0833. The Hall–Kier alpha value is -6.24. The lowest BCUT2D eigenvalue weighted by Crippen LogP contribution is -2.14. The molecular weight excluding hydrogens is 646 g/mol. The minimum Gasteiger partial charge on any atom is -0.454 e. The fourth-order valence-corrected chi connectivity index (χ4v) is 4.86. The Kier molecular flexibility index (Phi) is 12.6. The van der Waals surface area contributed by atoms with Gasteiger partial charge in [-0.05, 0) is 54.6 Å². The molecule has 0 unspecified atom stereocenters. The number of nitrogens with two attached hydrogens (primary N) is 3. The lowest BCUT2D eigenvalue weighted by Gasteiger charge is -2.20. The number of benzene rings is 4. The summed E-state index contributed by atoms with van der Waals surface area (Å²) in [5.41, 5.74) is 21.5. The third kappa shape index (κ3) is 8.77. The highest BCUT2D eigenvalue weighted by molar-refractivity contribution is 5.86. The summed E-state index contributed by atoms with van der Waals surface area (Å²) < 4.78 is 13.3. The highest BCUT2D eigenvalue weighted by atomic mass is 35.5. The molecule has 0 aliphatic carbocycles. The monoisotopic (exact) mass is 683 g/mol. The highest BCUT2D eigenvalue weighted by Gasteiger charge is 2.26. The van der Waals surface area contributed by atoms with Crippen LogP contribution in [0.2, 0.25) is 0 Å². The van der Waals surface area contributed by atoms with E-state index in [0.29, 0.717) is 34.2 Å². The molecule has 2 heterocycles. The number of ether oxygens (including phenoxy) is 2. The molecule has 1 aliphatic heterocycles. The molecule has 0 radical (unpaired) electrons. The number of anilines is 3. The molecule has 1 aromatic heterocycles. The zero-order chi connectivity index (χ0) is 33.5. The van der Waals surface area contributed by atoms with E-state index in [-0.39, 0.29) is 41.2 Å². The maximum Gasteiger partial charge on any atom is 0.334 e. The molecule has 13 heteroatoms. The van der Waals surface area contributed by atoms with E-state index in [0.717, 1.165) is 23.2 Å². The number of nitrogens with zero attached hydrogens (tertiary/aromatic N) is 3. The van der Waals surface area contributed by atoms with Gasteiger partial charge in [-0.3, -0.25) is 14.9 Å². The largest absolute Gasteiger partial charge is 0.454 e. The minimum atomic E-state index is -0.506. The molecule has 0 spiro atoms. The Balaban J connectivity index is 0.000000255. The zero-order valence-corrected chi connectivity index (χ0v) is 27.8. The van der Waals surface area contributed by atoms with E-state index in [1.807, 2.05) is 72.8 Å². The summed E-state index contributed by atoms with van der Waals surface area (Å²) in [4.78, 5) is 24.6. The van der Waals surface area contributed by atoms with Gasteiger partial charge in [-0.15, -0.1) is 12.4 Å². The number of likely N-dealkylation sites (N-methyl/N-ethyl adjacent to an activating group) is 1. The molecule has 0 saturated carbocycles. The maximum absolute atomic E-state index is 11.6. The minimum absolute atomic E-state index is 0. The van der Waals surface area contributed by atoms with Crippen molar-refractivity contribution in [3.05, 3.63) is 148 Å². The van der Waals surface area contributed by atoms with Crippen LogP contribution in [0.4, 0.5) is 22.7 Å². The lowest BCUT2D eigenvalue weighted by atomic mass is 10.0. The SMILES string of the molecule is CN1C=C(c2ccc(N)c([N+](=O)[O-])c2Oc2ccccc2)C=CC1.Cl.Cn1cc(-c2ccc(N)c(N)c2Oc2ccccc2)ccc1=O.N. The Morgan fingerprint density at radius 2 is 1.33 bits per heavy atom. The van der Waals surface area contributed by atoms with Crippen LogP contribution >= 0.6 is 12.4 Å². The molecule has 0 fully saturated rings. The summed E-state index contributed by atoms with van der Waals surface area (Å²) in [6.07, 6.45) is 7.58. The standard InChI is InChI=1S/C18H17N3O3.C18H17N3O2.ClH.H3N/c1-20-11-5-6-13(12-20)15-9-10-16(19)17(21(22)23)18(15)24-14-7-3-2-4-8-14;1-21-11-12(7-10-16(21)22)14-8-9-15(19)17(20)18(14)23-13-5-3-2-4-6-13;;/h2-10,12H,11,19H2,1H3;2-11H,19-20H2,1H3;1H;1H3. The van der Waals surface area contributed by atoms with Crippen molar-refractivity contribution in [2.75, 3.05) is 30.8 Å². The van der Waals surface area contributed by atoms with Crippen molar-refractivity contribution in [3.8, 4) is 34.1 Å². The summed E-state index contributed by atoms with van der Waals surface area (Å²) in [6, 6.07) is 28.4. The van der Waals surface area contributed by atoms with Gasteiger partial charge in [-0.25, -0.2) is 0 Å². The van der Waals surface area contributed by atoms with Gasteiger partial charge in [0.05, 0.1) is 16.3 Å². The van der Waals surface area contributed by atoms with Crippen molar-refractivity contribution in [2.45, 2.75) is 0 Å². The molecule has 9 N–H and O–H groups in total. The normalized spacial score (nSPS) is 11.6. The molecular formula is C36H38ClN7O5. The van der Waals surface area contributed by atoms with Gasteiger partial charge in [0.2, 0.25) is 11.3 Å². The average Bonchev–Trinajstić information content (AvgIpc) is 3.06. The number of hydrogen-bond donors (Lipinski definition) is 4. The van der Waals surface area contributed by atoms with Crippen LogP contribution in [-0.4, -0.2) is 28.0 Å². The summed E-state index contributed by atoms with van der Waals surface area (Å²) in [5.74, 6) is 1.81. The number of allylic oxidation sites excluding steroid dienone is 2. The summed E-state index contributed by atoms with van der Waals surface area (Å²) in [7, 11) is 3.64. The first-order valence-electron chi connectivity index (χ1n) is 14.6. The molecule has 254 valence electrons. The van der Waals surface area contributed by atoms with E-state index < -0.39 is 4.92 Å². The van der Waals surface area contributed by atoms with Crippen LogP contribution in [0.25, 0.3) is 16.7 Å². The van der Waals surface area contributed by atoms with Crippen molar-refractivity contribution in [1.29, 1.82) is 0 Å². The number of para-hydroxylation sites is 2. The first-order valence-corrected chi connectivity index (χ1v) is 14.6. The van der Waals surface area contributed by atoms with E-state index >= 15 is 0 Å². The summed E-state index contributed by atoms with van der Waals surface area (Å²) in [5, 5.41) is 11.5. The molecule has 0 saturated heterocycles. The van der Waals surface area contributed by atoms with Gasteiger partial charge in [-0.1, -0.05) is 48.6 Å². The quantitative estimate of drug-likeness (QED) is 0.0760. The lowest BCUT2D eigenvalue weighted by molar-refractivity contribution is -0.384. The van der Waals surface area contributed by atoms with Crippen molar-refractivity contribution >= 4 is 40.7 Å². The Morgan fingerprint density at radius 1 is 0.755 bits per heavy atom. The van der Waals surface area contributed by atoms with Crippen molar-refractivity contribution in [1.82, 2.24) is 15.6 Å². The van der Waals surface area contributed by atoms with Crippen LogP contribution in [-0.2, 0) is 7.05 Å². The van der Waals surface area contributed by atoms with E-state index in [2.05, 4.69) is 0 Å². The third-order valence-corrected chi connectivity index (χ3v) is 7.26. The van der Waals surface area contributed by atoms with Crippen molar-refractivity contribution in [2.24, 2.45) is 7.05 Å². The maximum atomic E-state index is 11.6. The summed E-state index contributed by atoms with van der Waals surface area (Å²) >= 11 is 0. The number of halogens is 1. The van der Waals surface area contributed by atoms with Gasteiger partial charge in [0.25, 0.3) is 0 Å². The molecule has 49 heavy (non-hydrogen) atoms. The highest BCUT2D eigenvalue weighted by Crippen LogP contribution is 2.43. The van der Waals surface area contributed by atoms with Gasteiger partial charge >= 0.3 is 5.69 Å². The average molecular weight is 684 g/mol. The number of rotatable bonds is 7.